The van der Waals surface area contributed by atoms with Gasteiger partial charge in [-0.3, -0.25) is 19.3 Å². The van der Waals surface area contributed by atoms with Crippen LogP contribution in [-0.2, 0) is 11.8 Å². The van der Waals surface area contributed by atoms with Crippen LogP contribution in [0.15, 0.2) is 18.5 Å². The fraction of sp³-hybridized carbons (Fsp3) is 0.467. The Balaban J connectivity index is 1.70. The van der Waals surface area contributed by atoms with Crippen LogP contribution in [-0.4, -0.2) is 50.1 Å². The molecule has 0 aliphatic carbocycles. The molecule has 2 aromatic heterocycles. The quantitative estimate of drug-likeness (QED) is 0.829. The van der Waals surface area contributed by atoms with Crippen LogP contribution in [0.25, 0.3) is 11.0 Å². The molecule has 2 aromatic rings. The zero-order chi connectivity index (χ0) is 15.3. The minimum absolute atomic E-state index is 0.00207. The van der Waals surface area contributed by atoms with E-state index in [9.17, 15) is 9.59 Å². The van der Waals surface area contributed by atoms with Crippen LogP contribution >= 0.6 is 0 Å². The Morgan fingerprint density at radius 2 is 2.14 bits per heavy atom. The van der Waals surface area contributed by atoms with Gasteiger partial charge in [-0.15, -0.1) is 0 Å². The number of aromatic nitrogens is 3. The molecule has 2 aliphatic rings. The number of carbonyl (C=O) groups is 2. The van der Waals surface area contributed by atoms with E-state index in [2.05, 4.69) is 15.4 Å². The number of aryl methyl sites for hydroxylation is 1. The normalized spacial score (nSPS) is 24.4. The van der Waals surface area contributed by atoms with Crippen molar-refractivity contribution < 1.29 is 9.59 Å². The molecule has 2 atom stereocenters. The van der Waals surface area contributed by atoms with Gasteiger partial charge in [0, 0.05) is 38.3 Å². The maximum Gasteiger partial charge on any atom is 0.256 e. The molecule has 2 fully saturated rings. The highest BCUT2D eigenvalue weighted by Crippen LogP contribution is 2.30. The van der Waals surface area contributed by atoms with Crippen LogP contribution in [0.3, 0.4) is 0 Å². The van der Waals surface area contributed by atoms with Crippen LogP contribution in [0.2, 0.25) is 0 Å². The molecule has 0 saturated carbocycles. The molecule has 2 aliphatic heterocycles. The summed E-state index contributed by atoms with van der Waals surface area (Å²) in [5.74, 6) is -0.00943. The van der Waals surface area contributed by atoms with Gasteiger partial charge in [0.25, 0.3) is 5.91 Å². The van der Waals surface area contributed by atoms with Crippen molar-refractivity contribution in [2.45, 2.75) is 31.3 Å². The zero-order valence-corrected chi connectivity index (χ0v) is 12.3. The third-order valence-corrected chi connectivity index (χ3v) is 4.66. The molecule has 7 heteroatoms. The van der Waals surface area contributed by atoms with E-state index in [1.807, 2.05) is 18.0 Å². The highest BCUT2D eigenvalue weighted by molar-refractivity contribution is 5.97. The molecule has 0 radical (unpaired) electrons. The van der Waals surface area contributed by atoms with E-state index in [-0.39, 0.29) is 23.9 Å². The second kappa shape index (κ2) is 4.79. The number of hydrogen-bond acceptors (Lipinski definition) is 4. The van der Waals surface area contributed by atoms with Crippen LogP contribution in [0, 0.1) is 0 Å². The van der Waals surface area contributed by atoms with E-state index in [0.29, 0.717) is 18.5 Å². The molecule has 114 valence electrons. The number of fused-ring (bicyclic) bond motifs is 3. The third-order valence-electron chi connectivity index (χ3n) is 4.66. The number of carbonyl (C=O) groups excluding carboxylic acids is 2. The van der Waals surface area contributed by atoms with Crippen molar-refractivity contribution >= 4 is 22.8 Å². The maximum atomic E-state index is 12.9. The number of nitrogens with zero attached hydrogens (tertiary/aromatic N) is 4. The van der Waals surface area contributed by atoms with E-state index in [1.54, 1.807) is 17.1 Å². The molecule has 0 spiro atoms. The second-order valence-electron chi connectivity index (χ2n) is 6.00. The standard InChI is InChI=1S/C15H17N5O2/c1-19-13-4-9(6-16-12(13)8-18-19)15(22)20-10-2-3-11(20)7-17-14(21)5-10/h4,6,8,10-11H,2-3,5,7H2,1H3,(H,17,21)/t10-,11+/m1/s1. The summed E-state index contributed by atoms with van der Waals surface area (Å²) in [5.41, 5.74) is 2.17. The molecule has 4 rings (SSSR count). The van der Waals surface area contributed by atoms with Gasteiger partial charge in [0.2, 0.25) is 5.91 Å². The number of nitrogens with one attached hydrogen (secondary N) is 1. The Morgan fingerprint density at radius 1 is 1.32 bits per heavy atom. The van der Waals surface area contributed by atoms with Gasteiger partial charge < -0.3 is 10.2 Å². The SMILES string of the molecule is Cn1ncc2ncc(C(=O)N3[C@@H]4CC[C@H]3CNC(=O)C4)cc21. The van der Waals surface area contributed by atoms with Gasteiger partial charge in [0.05, 0.1) is 17.3 Å². The molecule has 2 saturated heterocycles. The predicted molar refractivity (Wildman–Crippen MR) is 79.1 cm³/mol. The van der Waals surface area contributed by atoms with Crippen molar-refractivity contribution in [1.29, 1.82) is 0 Å². The van der Waals surface area contributed by atoms with Crippen LogP contribution < -0.4 is 5.32 Å². The summed E-state index contributed by atoms with van der Waals surface area (Å²) in [5, 5.41) is 7.03. The molecule has 0 unspecified atom stereocenters. The summed E-state index contributed by atoms with van der Waals surface area (Å²) in [4.78, 5) is 30.8. The average Bonchev–Trinajstić information content (AvgIpc) is 3.02. The van der Waals surface area contributed by atoms with E-state index in [0.717, 1.165) is 23.9 Å². The molecule has 7 nitrogen and oxygen atoms in total. The topological polar surface area (TPSA) is 80.1 Å². The minimum Gasteiger partial charge on any atom is -0.354 e. The largest absolute Gasteiger partial charge is 0.354 e. The van der Waals surface area contributed by atoms with Crippen LogP contribution in [0.4, 0.5) is 0 Å². The van der Waals surface area contributed by atoms with Gasteiger partial charge in [0.1, 0.15) is 5.52 Å². The van der Waals surface area contributed by atoms with Crippen molar-refractivity contribution in [3.05, 3.63) is 24.0 Å². The van der Waals surface area contributed by atoms with Gasteiger partial charge in [-0.05, 0) is 18.9 Å². The van der Waals surface area contributed by atoms with E-state index < -0.39 is 0 Å². The summed E-state index contributed by atoms with van der Waals surface area (Å²) in [6, 6.07) is 1.92. The van der Waals surface area contributed by atoms with Gasteiger partial charge in [-0.2, -0.15) is 5.10 Å². The summed E-state index contributed by atoms with van der Waals surface area (Å²) in [7, 11) is 1.83. The van der Waals surface area contributed by atoms with Crippen LogP contribution in [0.5, 0.6) is 0 Å². The lowest BCUT2D eigenvalue weighted by molar-refractivity contribution is -0.121. The second-order valence-corrected chi connectivity index (χ2v) is 6.00. The van der Waals surface area contributed by atoms with Crippen molar-refractivity contribution in [2.24, 2.45) is 7.05 Å². The smallest absolute Gasteiger partial charge is 0.256 e. The average molecular weight is 299 g/mol. The number of hydrogen-bond donors (Lipinski definition) is 1. The van der Waals surface area contributed by atoms with Gasteiger partial charge in [-0.1, -0.05) is 0 Å². The first-order chi connectivity index (χ1) is 10.6. The molecule has 4 heterocycles. The predicted octanol–water partition coefficient (Wildman–Crippen LogP) is 0.461. The monoisotopic (exact) mass is 299 g/mol. The maximum absolute atomic E-state index is 12.9. The molecule has 1 N–H and O–H groups in total. The van der Waals surface area contributed by atoms with E-state index in [4.69, 9.17) is 0 Å². The summed E-state index contributed by atoms with van der Waals surface area (Å²) >= 11 is 0. The highest BCUT2D eigenvalue weighted by atomic mass is 16.2. The van der Waals surface area contributed by atoms with Crippen molar-refractivity contribution in [3.63, 3.8) is 0 Å². The van der Waals surface area contributed by atoms with Crippen molar-refractivity contribution in [2.75, 3.05) is 6.54 Å². The Labute approximate surface area is 127 Å². The Hall–Kier alpha value is -2.44. The number of rotatable bonds is 1. The highest BCUT2D eigenvalue weighted by Gasteiger charge is 2.40. The summed E-state index contributed by atoms with van der Waals surface area (Å²) in [6.07, 6.45) is 5.51. The molecular formula is C15H17N5O2. The first kappa shape index (κ1) is 13.2. The minimum atomic E-state index is -0.0420. The number of pyridine rings is 1. The van der Waals surface area contributed by atoms with Crippen molar-refractivity contribution in [3.8, 4) is 0 Å². The summed E-state index contributed by atoms with van der Waals surface area (Å²) < 4.78 is 1.71. The third kappa shape index (κ3) is 1.96. The lowest BCUT2D eigenvalue weighted by Crippen LogP contribution is -2.42. The first-order valence-electron chi connectivity index (χ1n) is 7.50. The molecule has 2 amide bonds. The molecule has 22 heavy (non-hydrogen) atoms. The van der Waals surface area contributed by atoms with Crippen molar-refractivity contribution in [1.82, 2.24) is 25.0 Å². The van der Waals surface area contributed by atoms with Gasteiger partial charge in [-0.25, -0.2) is 0 Å². The first-order valence-corrected chi connectivity index (χ1v) is 7.50. The zero-order valence-electron chi connectivity index (χ0n) is 12.3. The van der Waals surface area contributed by atoms with Gasteiger partial charge >= 0.3 is 0 Å². The van der Waals surface area contributed by atoms with E-state index in [1.165, 1.54) is 0 Å². The summed E-state index contributed by atoms with van der Waals surface area (Å²) in [6.45, 7) is 0.544. The fourth-order valence-electron chi connectivity index (χ4n) is 3.50. The molecule has 0 aromatic carbocycles. The lowest BCUT2D eigenvalue weighted by atomic mass is 10.1. The molecular weight excluding hydrogens is 282 g/mol. The Morgan fingerprint density at radius 3 is 3.00 bits per heavy atom. The fourth-order valence-corrected chi connectivity index (χ4v) is 3.50. The van der Waals surface area contributed by atoms with Gasteiger partial charge in [0.15, 0.2) is 0 Å². The molecule has 2 bridgehead atoms. The Bertz CT molecular complexity index is 768. The lowest BCUT2D eigenvalue weighted by Gasteiger charge is -2.27. The van der Waals surface area contributed by atoms with Crippen LogP contribution in [0.1, 0.15) is 29.6 Å². The number of amides is 2. The van der Waals surface area contributed by atoms with E-state index >= 15 is 0 Å². The Kier molecular flexibility index (Phi) is 2.88.